The van der Waals surface area contributed by atoms with Gasteiger partial charge in [0.2, 0.25) is 0 Å². The second kappa shape index (κ2) is 8.35. The smallest absolute Gasteiger partial charge is 0.173 e. The first-order valence-electron chi connectivity index (χ1n) is 10.1. The number of likely N-dealkylation sites (N-methyl/N-ethyl adjacent to an activating group) is 1. The molecule has 0 radical (unpaired) electrons. The first-order valence-corrected chi connectivity index (χ1v) is 10.1. The third kappa shape index (κ3) is 3.84. The number of aromatic nitrogens is 4. The minimum absolute atomic E-state index is 0.0202. The molecular formula is C20H30N6O. The van der Waals surface area contributed by atoms with Gasteiger partial charge < -0.3 is 9.64 Å². The van der Waals surface area contributed by atoms with Gasteiger partial charge in [0.05, 0.1) is 13.2 Å². The minimum Gasteiger partial charge on any atom is -0.496 e. The summed E-state index contributed by atoms with van der Waals surface area (Å²) in [4.78, 5) is 4.88. The maximum atomic E-state index is 5.71. The van der Waals surface area contributed by atoms with E-state index in [9.17, 15) is 0 Å². The maximum Gasteiger partial charge on any atom is 0.173 e. The standard InChI is InChI=1S/C20H30N6O/c1-24-12-14-25(15-13-24)19(17-10-6-7-11-18(17)27-2)20-21-22-23-26(20)16-8-4-3-5-9-16/h6-7,10-11,16,19H,3-5,8-9,12-15H2,1-2H3/t19-/m0/s1. The van der Waals surface area contributed by atoms with Gasteiger partial charge in [-0.05, 0) is 36.4 Å². The summed E-state index contributed by atoms with van der Waals surface area (Å²) in [7, 11) is 3.92. The Morgan fingerprint density at radius 2 is 1.78 bits per heavy atom. The molecule has 4 rings (SSSR count). The fourth-order valence-electron chi connectivity index (χ4n) is 4.44. The molecule has 0 spiro atoms. The predicted octanol–water partition coefficient (Wildman–Crippen LogP) is 2.52. The van der Waals surface area contributed by atoms with E-state index in [2.05, 4.69) is 49.2 Å². The predicted molar refractivity (Wildman–Crippen MR) is 104 cm³/mol. The third-order valence-electron chi connectivity index (χ3n) is 6.02. The molecule has 1 aromatic heterocycles. The zero-order chi connectivity index (χ0) is 18.6. The number of nitrogens with zero attached hydrogens (tertiary/aromatic N) is 6. The summed E-state index contributed by atoms with van der Waals surface area (Å²) >= 11 is 0. The molecule has 1 aromatic carbocycles. The number of tetrazole rings is 1. The van der Waals surface area contributed by atoms with Crippen molar-refractivity contribution < 1.29 is 4.74 Å². The van der Waals surface area contributed by atoms with Gasteiger partial charge in [0.15, 0.2) is 5.82 Å². The molecule has 0 unspecified atom stereocenters. The van der Waals surface area contributed by atoms with Crippen LogP contribution in [0.3, 0.4) is 0 Å². The van der Waals surface area contributed by atoms with Gasteiger partial charge in [-0.25, -0.2) is 4.68 Å². The van der Waals surface area contributed by atoms with Crippen molar-refractivity contribution >= 4 is 0 Å². The lowest BCUT2D eigenvalue weighted by atomic mass is 9.95. The summed E-state index contributed by atoms with van der Waals surface area (Å²) < 4.78 is 7.81. The van der Waals surface area contributed by atoms with Crippen LogP contribution in [0.25, 0.3) is 0 Å². The highest BCUT2D eigenvalue weighted by atomic mass is 16.5. The highest BCUT2D eigenvalue weighted by Crippen LogP contribution is 2.36. The molecule has 1 aliphatic carbocycles. The summed E-state index contributed by atoms with van der Waals surface area (Å²) in [5.41, 5.74) is 1.15. The van der Waals surface area contributed by atoms with Crippen LogP contribution in [-0.4, -0.2) is 70.3 Å². The second-order valence-corrected chi connectivity index (χ2v) is 7.76. The molecule has 1 aliphatic heterocycles. The lowest BCUT2D eigenvalue weighted by Gasteiger charge is -2.38. The lowest BCUT2D eigenvalue weighted by Crippen LogP contribution is -2.47. The van der Waals surface area contributed by atoms with Gasteiger partial charge in [-0.2, -0.15) is 0 Å². The zero-order valence-electron chi connectivity index (χ0n) is 16.4. The molecule has 0 bridgehead atoms. The fraction of sp³-hybridized carbons (Fsp3) is 0.650. The molecule has 7 heteroatoms. The van der Waals surface area contributed by atoms with Gasteiger partial charge >= 0.3 is 0 Å². The largest absolute Gasteiger partial charge is 0.496 e. The van der Waals surface area contributed by atoms with Crippen molar-refractivity contribution in [3.63, 3.8) is 0 Å². The molecule has 2 heterocycles. The first-order chi connectivity index (χ1) is 13.3. The number of benzene rings is 1. The van der Waals surface area contributed by atoms with Crippen molar-refractivity contribution in [1.82, 2.24) is 30.0 Å². The van der Waals surface area contributed by atoms with Crippen LogP contribution in [-0.2, 0) is 0 Å². The van der Waals surface area contributed by atoms with Gasteiger partial charge in [0, 0.05) is 31.7 Å². The average Bonchev–Trinajstić information content (AvgIpc) is 3.20. The minimum atomic E-state index is 0.0202. The molecular weight excluding hydrogens is 340 g/mol. The molecule has 2 fully saturated rings. The zero-order valence-corrected chi connectivity index (χ0v) is 16.4. The molecule has 1 saturated heterocycles. The van der Waals surface area contributed by atoms with E-state index in [4.69, 9.17) is 4.74 Å². The van der Waals surface area contributed by atoms with Gasteiger partial charge in [-0.15, -0.1) is 5.10 Å². The van der Waals surface area contributed by atoms with Crippen molar-refractivity contribution in [2.45, 2.75) is 44.2 Å². The van der Waals surface area contributed by atoms with E-state index >= 15 is 0 Å². The number of hydrogen-bond donors (Lipinski definition) is 0. The topological polar surface area (TPSA) is 59.3 Å². The highest BCUT2D eigenvalue weighted by Gasteiger charge is 2.33. The van der Waals surface area contributed by atoms with Gasteiger partial charge in [0.1, 0.15) is 11.8 Å². The van der Waals surface area contributed by atoms with Crippen LogP contribution >= 0.6 is 0 Å². The molecule has 2 aliphatic rings. The van der Waals surface area contributed by atoms with Crippen LogP contribution < -0.4 is 4.74 Å². The molecule has 2 aromatic rings. The van der Waals surface area contributed by atoms with Gasteiger partial charge in [-0.1, -0.05) is 37.5 Å². The lowest BCUT2D eigenvalue weighted by molar-refractivity contribution is 0.118. The van der Waals surface area contributed by atoms with Gasteiger partial charge in [-0.3, -0.25) is 4.90 Å². The van der Waals surface area contributed by atoms with Crippen LogP contribution in [0.15, 0.2) is 24.3 Å². The number of para-hydroxylation sites is 1. The van der Waals surface area contributed by atoms with E-state index in [0.717, 1.165) is 43.3 Å². The Bertz CT molecular complexity index is 734. The second-order valence-electron chi connectivity index (χ2n) is 7.76. The monoisotopic (exact) mass is 370 g/mol. The van der Waals surface area contributed by atoms with E-state index in [1.807, 2.05) is 12.1 Å². The Balaban J connectivity index is 1.73. The van der Waals surface area contributed by atoms with Crippen LogP contribution in [0.2, 0.25) is 0 Å². The number of rotatable bonds is 5. The first kappa shape index (κ1) is 18.4. The normalized spacial score (nSPS) is 21.3. The molecule has 0 amide bonds. The molecule has 1 atom stereocenters. The SMILES string of the molecule is COc1ccccc1[C@@H](c1nnnn1C1CCCCC1)N1CCN(C)CC1. The Kier molecular flexibility index (Phi) is 5.69. The Morgan fingerprint density at radius 1 is 1.04 bits per heavy atom. The Hall–Kier alpha value is -1.99. The maximum absolute atomic E-state index is 5.71. The Morgan fingerprint density at radius 3 is 2.52 bits per heavy atom. The van der Waals surface area contributed by atoms with Crippen LogP contribution in [0.1, 0.15) is 55.6 Å². The number of hydrogen-bond acceptors (Lipinski definition) is 6. The third-order valence-corrected chi connectivity index (χ3v) is 6.02. The number of piperazine rings is 1. The molecule has 146 valence electrons. The van der Waals surface area contributed by atoms with Crippen LogP contribution in [0.4, 0.5) is 0 Å². The quantitative estimate of drug-likeness (QED) is 0.806. The van der Waals surface area contributed by atoms with E-state index in [1.54, 1.807) is 7.11 Å². The summed E-state index contributed by atoms with van der Waals surface area (Å²) in [6.07, 6.45) is 6.18. The fourth-order valence-corrected chi connectivity index (χ4v) is 4.44. The average molecular weight is 371 g/mol. The van der Waals surface area contributed by atoms with Crippen molar-refractivity contribution in [2.24, 2.45) is 0 Å². The molecule has 1 saturated carbocycles. The van der Waals surface area contributed by atoms with E-state index in [1.165, 1.54) is 32.1 Å². The van der Waals surface area contributed by atoms with Crippen molar-refractivity contribution in [3.8, 4) is 5.75 Å². The Labute approximate surface area is 161 Å². The number of ether oxygens (including phenoxy) is 1. The summed E-state index contributed by atoms with van der Waals surface area (Å²) in [5.74, 6) is 1.86. The summed E-state index contributed by atoms with van der Waals surface area (Å²) in [5, 5.41) is 13.1. The van der Waals surface area contributed by atoms with Crippen molar-refractivity contribution in [1.29, 1.82) is 0 Å². The van der Waals surface area contributed by atoms with Crippen LogP contribution in [0, 0.1) is 0 Å². The van der Waals surface area contributed by atoms with Gasteiger partial charge in [0.25, 0.3) is 0 Å². The van der Waals surface area contributed by atoms with E-state index in [0.29, 0.717) is 6.04 Å². The molecule has 27 heavy (non-hydrogen) atoms. The van der Waals surface area contributed by atoms with Crippen molar-refractivity contribution in [3.05, 3.63) is 35.7 Å². The summed E-state index contributed by atoms with van der Waals surface area (Å²) in [6.45, 7) is 4.10. The van der Waals surface area contributed by atoms with Crippen LogP contribution in [0.5, 0.6) is 5.75 Å². The number of methoxy groups -OCH3 is 1. The molecule has 0 N–H and O–H groups in total. The van der Waals surface area contributed by atoms with E-state index < -0.39 is 0 Å². The van der Waals surface area contributed by atoms with Crippen molar-refractivity contribution in [2.75, 3.05) is 40.3 Å². The molecule has 7 nitrogen and oxygen atoms in total. The summed E-state index contributed by atoms with van der Waals surface area (Å²) in [6, 6.07) is 8.72. The van der Waals surface area contributed by atoms with E-state index in [-0.39, 0.29) is 6.04 Å². The highest BCUT2D eigenvalue weighted by molar-refractivity contribution is 5.39.